The van der Waals surface area contributed by atoms with Crippen molar-refractivity contribution in [2.75, 3.05) is 13.2 Å². The molecule has 0 saturated carbocycles. The highest BCUT2D eigenvalue weighted by molar-refractivity contribution is 6.36. The summed E-state index contributed by atoms with van der Waals surface area (Å²) < 4.78 is 18.6. The zero-order chi connectivity index (χ0) is 22.1. The van der Waals surface area contributed by atoms with Crippen LogP contribution in [0.5, 0.6) is 5.75 Å². The molecule has 2 rings (SSSR count). The fourth-order valence-corrected chi connectivity index (χ4v) is 3.42. The zero-order valence-electron chi connectivity index (χ0n) is 17.0. The summed E-state index contributed by atoms with van der Waals surface area (Å²) in [6, 6.07) is 9.71. The van der Waals surface area contributed by atoms with Crippen molar-refractivity contribution in [3.63, 3.8) is 0 Å². The lowest BCUT2D eigenvalue weighted by Crippen LogP contribution is -2.50. The van der Waals surface area contributed by atoms with Crippen LogP contribution in [0.4, 0.5) is 4.39 Å². The molecule has 0 spiro atoms. The van der Waals surface area contributed by atoms with Crippen LogP contribution < -0.4 is 10.1 Å². The van der Waals surface area contributed by atoms with Crippen molar-refractivity contribution in [1.29, 1.82) is 0 Å². The lowest BCUT2D eigenvalue weighted by Gasteiger charge is -2.31. The van der Waals surface area contributed by atoms with Gasteiger partial charge in [0.1, 0.15) is 17.6 Å². The number of ether oxygens (including phenoxy) is 1. The van der Waals surface area contributed by atoms with Gasteiger partial charge in [0.05, 0.1) is 0 Å². The quantitative estimate of drug-likeness (QED) is 0.558. The van der Waals surface area contributed by atoms with Gasteiger partial charge in [-0.3, -0.25) is 9.59 Å². The number of halogens is 3. The maximum absolute atomic E-state index is 13.1. The van der Waals surface area contributed by atoms with Gasteiger partial charge in [0.2, 0.25) is 5.91 Å². The third-order valence-corrected chi connectivity index (χ3v) is 5.21. The summed E-state index contributed by atoms with van der Waals surface area (Å²) in [5.41, 5.74) is 0.553. The summed E-state index contributed by atoms with van der Waals surface area (Å²) >= 11 is 12.6. The second kappa shape index (κ2) is 11.8. The van der Waals surface area contributed by atoms with Crippen LogP contribution in [0.25, 0.3) is 0 Å². The lowest BCUT2D eigenvalue weighted by atomic mass is 10.1. The second-order valence-corrected chi connectivity index (χ2v) is 7.49. The molecule has 1 atom stereocenters. The summed E-state index contributed by atoms with van der Waals surface area (Å²) in [5.74, 6) is -0.710. The third-order valence-electron chi connectivity index (χ3n) is 4.50. The number of carbonyl (C=O) groups excluding carboxylic acids is 2. The van der Waals surface area contributed by atoms with E-state index in [0.29, 0.717) is 34.3 Å². The highest BCUT2D eigenvalue weighted by atomic mass is 35.5. The Balaban J connectivity index is 2.25. The number of amides is 2. The number of nitrogens with zero attached hydrogens (tertiary/aromatic N) is 1. The number of carbonyl (C=O) groups is 2. The van der Waals surface area contributed by atoms with Crippen molar-refractivity contribution < 1.29 is 18.7 Å². The molecule has 0 radical (unpaired) electrons. The number of hydrogen-bond donors (Lipinski definition) is 1. The zero-order valence-corrected chi connectivity index (χ0v) is 18.5. The first-order valence-corrected chi connectivity index (χ1v) is 10.5. The second-order valence-electron chi connectivity index (χ2n) is 6.68. The predicted molar refractivity (Wildman–Crippen MR) is 116 cm³/mol. The molecule has 0 unspecified atom stereocenters. The van der Waals surface area contributed by atoms with Crippen LogP contribution in [0, 0.1) is 5.82 Å². The molecule has 0 aliphatic heterocycles. The molecule has 162 valence electrons. The molecule has 0 saturated heterocycles. The van der Waals surface area contributed by atoms with Crippen molar-refractivity contribution in [2.45, 2.75) is 39.3 Å². The predicted octanol–water partition coefficient (Wildman–Crippen LogP) is 4.84. The summed E-state index contributed by atoms with van der Waals surface area (Å²) in [5, 5.41) is 3.64. The Morgan fingerprint density at radius 3 is 2.30 bits per heavy atom. The molecule has 0 bridgehead atoms. The van der Waals surface area contributed by atoms with Crippen LogP contribution in [0.1, 0.15) is 32.3 Å². The molecule has 8 heteroatoms. The van der Waals surface area contributed by atoms with Gasteiger partial charge in [-0.05, 0) is 49.2 Å². The summed E-state index contributed by atoms with van der Waals surface area (Å²) in [7, 11) is 0. The van der Waals surface area contributed by atoms with E-state index in [1.165, 1.54) is 29.2 Å². The minimum atomic E-state index is -0.715. The minimum Gasteiger partial charge on any atom is -0.484 e. The van der Waals surface area contributed by atoms with E-state index in [9.17, 15) is 14.0 Å². The largest absolute Gasteiger partial charge is 0.484 e. The molecule has 0 aliphatic rings. The normalized spacial score (nSPS) is 11.6. The van der Waals surface area contributed by atoms with Gasteiger partial charge in [-0.25, -0.2) is 4.39 Å². The standard InChI is InChI=1S/C22H25Cl2FN2O3/c1-3-12-26-22(29)20(4-2)27(13-17-18(23)6-5-7-19(17)24)21(28)14-30-16-10-8-15(25)9-11-16/h5-11,20H,3-4,12-14H2,1-2H3,(H,26,29)/t20-/m1/s1. The van der Waals surface area contributed by atoms with E-state index in [1.807, 2.05) is 13.8 Å². The maximum atomic E-state index is 13.1. The van der Waals surface area contributed by atoms with Gasteiger partial charge in [-0.1, -0.05) is 43.1 Å². The van der Waals surface area contributed by atoms with E-state index in [4.69, 9.17) is 27.9 Å². The first kappa shape index (κ1) is 24.0. The van der Waals surface area contributed by atoms with E-state index < -0.39 is 17.8 Å². The monoisotopic (exact) mass is 454 g/mol. The molecular weight excluding hydrogens is 430 g/mol. The SMILES string of the molecule is CCCNC(=O)[C@@H](CC)N(Cc1c(Cl)cccc1Cl)C(=O)COc1ccc(F)cc1. The lowest BCUT2D eigenvalue weighted by molar-refractivity contribution is -0.143. The van der Waals surface area contributed by atoms with E-state index in [2.05, 4.69) is 5.32 Å². The Bertz CT molecular complexity index is 842. The topological polar surface area (TPSA) is 58.6 Å². The summed E-state index contributed by atoms with van der Waals surface area (Å²) in [4.78, 5) is 27.2. The maximum Gasteiger partial charge on any atom is 0.261 e. The van der Waals surface area contributed by atoms with Gasteiger partial charge in [-0.15, -0.1) is 0 Å². The van der Waals surface area contributed by atoms with Crippen molar-refractivity contribution in [3.05, 3.63) is 63.9 Å². The first-order valence-electron chi connectivity index (χ1n) is 9.75. The fraction of sp³-hybridized carbons (Fsp3) is 0.364. The van der Waals surface area contributed by atoms with Gasteiger partial charge in [0.15, 0.2) is 6.61 Å². The van der Waals surface area contributed by atoms with Crippen molar-refractivity contribution in [3.8, 4) is 5.75 Å². The van der Waals surface area contributed by atoms with Gasteiger partial charge < -0.3 is 15.0 Å². The number of hydrogen-bond acceptors (Lipinski definition) is 3. The molecule has 0 aromatic heterocycles. The highest BCUT2D eigenvalue weighted by Crippen LogP contribution is 2.27. The average molecular weight is 455 g/mol. The van der Waals surface area contributed by atoms with Gasteiger partial charge in [0, 0.05) is 28.7 Å². The van der Waals surface area contributed by atoms with Gasteiger partial charge in [0.25, 0.3) is 5.91 Å². The van der Waals surface area contributed by atoms with Gasteiger partial charge in [-0.2, -0.15) is 0 Å². The highest BCUT2D eigenvalue weighted by Gasteiger charge is 2.29. The Labute approximate surface area is 186 Å². The van der Waals surface area contributed by atoms with Crippen LogP contribution >= 0.6 is 23.2 Å². The molecule has 2 aromatic rings. The van der Waals surface area contributed by atoms with Crippen LogP contribution in [0.3, 0.4) is 0 Å². The molecule has 5 nitrogen and oxygen atoms in total. The van der Waals surface area contributed by atoms with E-state index in [0.717, 1.165) is 6.42 Å². The van der Waals surface area contributed by atoms with Gasteiger partial charge >= 0.3 is 0 Å². The number of rotatable bonds is 10. The molecule has 30 heavy (non-hydrogen) atoms. The van der Waals surface area contributed by atoms with Crippen molar-refractivity contribution in [1.82, 2.24) is 10.2 Å². The summed E-state index contributed by atoms with van der Waals surface area (Å²) in [6.45, 7) is 4.03. The molecule has 2 amide bonds. The third kappa shape index (κ3) is 6.61. The molecule has 0 heterocycles. The van der Waals surface area contributed by atoms with Crippen LogP contribution in [0.2, 0.25) is 10.0 Å². The van der Waals surface area contributed by atoms with Crippen LogP contribution in [0.15, 0.2) is 42.5 Å². The Morgan fingerprint density at radius 1 is 1.10 bits per heavy atom. The smallest absolute Gasteiger partial charge is 0.261 e. The first-order chi connectivity index (χ1) is 14.4. The van der Waals surface area contributed by atoms with Crippen LogP contribution in [-0.2, 0) is 16.1 Å². The number of benzene rings is 2. The van der Waals surface area contributed by atoms with E-state index in [-0.39, 0.29) is 19.1 Å². The van der Waals surface area contributed by atoms with Crippen molar-refractivity contribution >= 4 is 35.0 Å². The fourth-order valence-electron chi connectivity index (χ4n) is 2.90. The number of nitrogens with one attached hydrogen (secondary N) is 1. The molecule has 0 fully saturated rings. The average Bonchev–Trinajstić information content (AvgIpc) is 2.73. The molecular formula is C22H25Cl2FN2O3. The van der Waals surface area contributed by atoms with E-state index in [1.54, 1.807) is 18.2 Å². The Morgan fingerprint density at radius 2 is 1.73 bits per heavy atom. The molecule has 0 aliphatic carbocycles. The minimum absolute atomic E-state index is 0.0577. The molecule has 1 N–H and O–H groups in total. The van der Waals surface area contributed by atoms with E-state index >= 15 is 0 Å². The molecule has 2 aromatic carbocycles. The Kier molecular flexibility index (Phi) is 9.40. The Hall–Kier alpha value is -2.31. The summed E-state index contributed by atoms with van der Waals surface area (Å²) in [6.07, 6.45) is 1.18. The van der Waals surface area contributed by atoms with Crippen molar-refractivity contribution in [2.24, 2.45) is 0 Å². The van der Waals surface area contributed by atoms with Crippen LogP contribution in [-0.4, -0.2) is 35.9 Å².